The van der Waals surface area contributed by atoms with Crippen molar-refractivity contribution in [2.75, 3.05) is 0 Å². The molecule has 4 aromatic rings. The fourth-order valence-corrected chi connectivity index (χ4v) is 6.58. The van der Waals surface area contributed by atoms with Gasteiger partial charge < -0.3 is 9.84 Å². The second-order valence-corrected chi connectivity index (χ2v) is 13.1. The fourth-order valence-electron chi connectivity index (χ4n) is 5.28. The van der Waals surface area contributed by atoms with Crippen molar-refractivity contribution in [1.82, 2.24) is 14.8 Å². The van der Waals surface area contributed by atoms with E-state index in [0.717, 1.165) is 67.2 Å². The summed E-state index contributed by atoms with van der Waals surface area (Å²) in [5, 5.41) is 21.5. The van der Waals surface area contributed by atoms with Crippen LogP contribution in [0.2, 0.25) is 0 Å². The molecule has 2 saturated carbocycles. The van der Waals surface area contributed by atoms with Crippen LogP contribution in [0.25, 0.3) is 16.4 Å². The highest BCUT2D eigenvalue weighted by Gasteiger charge is 2.30. The second kappa shape index (κ2) is 11.0. The van der Waals surface area contributed by atoms with Crippen LogP contribution in [0.1, 0.15) is 65.8 Å². The molecule has 0 unspecified atom stereocenters. The van der Waals surface area contributed by atoms with E-state index in [0.29, 0.717) is 28.7 Å². The number of benzene rings is 2. The van der Waals surface area contributed by atoms with Crippen molar-refractivity contribution in [2.24, 2.45) is 11.1 Å². The van der Waals surface area contributed by atoms with E-state index in [-0.39, 0.29) is 23.1 Å². The molecule has 2 aromatic heterocycles. The highest BCUT2D eigenvalue weighted by atomic mass is 32.2. The number of carboxylic acids is 1. The first-order chi connectivity index (χ1) is 19.7. The highest BCUT2D eigenvalue weighted by molar-refractivity contribution is 7.89. The van der Waals surface area contributed by atoms with Crippen molar-refractivity contribution in [2.45, 2.75) is 62.4 Å². The van der Waals surface area contributed by atoms with Gasteiger partial charge in [0.25, 0.3) is 0 Å². The van der Waals surface area contributed by atoms with Crippen LogP contribution in [0.5, 0.6) is 5.75 Å². The first-order valence-electron chi connectivity index (χ1n) is 13.5. The largest absolute Gasteiger partial charge is 0.490 e. The number of hydrogen-bond acceptors (Lipinski definition) is 7. The van der Waals surface area contributed by atoms with E-state index in [1.165, 1.54) is 28.8 Å². The number of ether oxygens (including phenoxy) is 1. The first kappa shape index (κ1) is 27.6. The number of aromatic nitrogens is 3. The average Bonchev–Trinajstić information content (AvgIpc) is 3.28. The molecule has 2 heterocycles. The summed E-state index contributed by atoms with van der Waals surface area (Å²) in [6, 6.07) is 11.3. The molecule has 3 N–H and O–H groups in total. The van der Waals surface area contributed by atoms with Crippen LogP contribution >= 0.6 is 11.3 Å². The van der Waals surface area contributed by atoms with Crippen LogP contribution in [0, 0.1) is 11.7 Å². The zero-order valence-electron chi connectivity index (χ0n) is 22.1. The van der Waals surface area contributed by atoms with Crippen molar-refractivity contribution in [3.63, 3.8) is 0 Å². The molecule has 2 aromatic carbocycles. The van der Waals surface area contributed by atoms with Crippen LogP contribution < -0.4 is 9.88 Å². The van der Waals surface area contributed by atoms with Gasteiger partial charge in [-0.05, 0) is 80.7 Å². The Morgan fingerprint density at radius 1 is 1.15 bits per heavy atom. The zero-order chi connectivity index (χ0) is 28.7. The van der Waals surface area contributed by atoms with Gasteiger partial charge in [-0.2, -0.15) is 5.10 Å². The zero-order valence-corrected chi connectivity index (χ0v) is 23.8. The Balaban J connectivity index is 1.48. The molecule has 0 saturated heterocycles. The van der Waals surface area contributed by atoms with Crippen molar-refractivity contribution in [1.29, 1.82) is 0 Å². The van der Waals surface area contributed by atoms with Crippen molar-refractivity contribution < 1.29 is 27.4 Å². The van der Waals surface area contributed by atoms with E-state index < -0.39 is 21.8 Å². The molecule has 0 bridgehead atoms. The number of nitrogens with zero attached hydrogens (tertiary/aromatic N) is 3. The molecule has 9 nitrogen and oxygen atoms in total. The third-order valence-corrected chi connectivity index (χ3v) is 9.32. The predicted molar refractivity (Wildman–Crippen MR) is 152 cm³/mol. The molecule has 0 spiro atoms. The number of carbonyl (C=O) groups is 1. The monoisotopic (exact) mass is 596 g/mol. The number of primary sulfonamides is 1. The van der Waals surface area contributed by atoms with Gasteiger partial charge in [0.2, 0.25) is 15.2 Å². The summed E-state index contributed by atoms with van der Waals surface area (Å²) in [5.74, 6) is -0.654. The molecule has 41 heavy (non-hydrogen) atoms. The van der Waals surface area contributed by atoms with Crippen molar-refractivity contribution >= 4 is 27.3 Å². The van der Waals surface area contributed by atoms with E-state index in [2.05, 4.69) is 4.98 Å². The van der Waals surface area contributed by atoms with Crippen molar-refractivity contribution in [3.05, 3.63) is 76.2 Å². The van der Waals surface area contributed by atoms with E-state index in [1.54, 1.807) is 4.68 Å². The smallest absolute Gasteiger partial charge is 0.355 e. The van der Waals surface area contributed by atoms with E-state index in [9.17, 15) is 18.3 Å². The number of nitrogens with two attached hydrogens (primary N) is 1. The molecule has 0 aliphatic heterocycles. The fraction of sp³-hybridized carbons (Fsp3) is 0.345. The number of thiazole rings is 1. The van der Waals surface area contributed by atoms with Gasteiger partial charge in [0.15, 0.2) is 5.69 Å². The summed E-state index contributed by atoms with van der Waals surface area (Å²) in [5.41, 5.74) is 3.20. The van der Waals surface area contributed by atoms with Crippen LogP contribution in [-0.4, -0.2) is 40.4 Å². The van der Waals surface area contributed by atoms with Gasteiger partial charge in [-0.3, -0.25) is 0 Å². The standard InChI is InChI=1S/C29H29FN4O5S2/c30-24-15-22(41(31,37)38)11-10-18(24)14-23-26(12-17-8-9-17)34(29-32-25(16-40-29)28(35)36)33-27(23)19-4-3-7-21(13-19)39-20-5-1-2-6-20/h3-4,7,10-11,13,15-17,20H,1-2,5-6,8-9,12,14H2,(H,35,36)(H2,31,37,38). The maximum absolute atomic E-state index is 15.3. The number of rotatable bonds is 10. The Morgan fingerprint density at radius 2 is 1.93 bits per heavy atom. The van der Waals surface area contributed by atoms with Crippen LogP contribution in [0.3, 0.4) is 0 Å². The number of halogens is 1. The van der Waals surface area contributed by atoms with Gasteiger partial charge in [-0.1, -0.05) is 18.2 Å². The Hall–Kier alpha value is -3.61. The highest BCUT2D eigenvalue weighted by Crippen LogP contribution is 2.39. The lowest BCUT2D eigenvalue weighted by Gasteiger charge is -2.14. The van der Waals surface area contributed by atoms with Crippen LogP contribution in [-0.2, 0) is 22.9 Å². The second-order valence-electron chi connectivity index (χ2n) is 10.7. The Kier molecular flexibility index (Phi) is 7.39. The van der Waals surface area contributed by atoms with Gasteiger partial charge in [0, 0.05) is 22.9 Å². The quantitative estimate of drug-likeness (QED) is 0.252. The van der Waals surface area contributed by atoms with Gasteiger partial charge in [0.05, 0.1) is 22.4 Å². The lowest BCUT2D eigenvalue weighted by molar-refractivity contribution is 0.0691. The Labute approximate surface area is 240 Å². The molecule has 2 fully saturated rings. The molecule has 12 heteroatoms. The molecule has 0 radical (unpaired) electrons. The molecule has 2 aliphatic rings. The molecule has 214 valence electrons. The van der Waals surface area contributed by atoms with E-state index >= 15 is 4.39 Å². The molecular weight excluding hydrogens is 567 g/mol. The number of carboxylic acid groups (broad SMARTS) is 1. The molecule has 0 atom stereocenters. The average molecular weight is 597 g/mol. The summed E-state index contributed by atoms with van der Waals surface area (Å²) < 4.78 is 46.8. The summed E-state index contributed by atoms with van der Waals surface area (Å²) in [4.78, 5) is 15.6. The number of sulfonamides is 1. The molecule has 0 amide bonds. The van der Waals surface area contributed by atoms with Gasteiger partial charge in [-0.25, -0.2) is 32.4 Å². The Bertz CT molecular complexity index is 1720. The molecule has 2 aliphatic carbocycles. The lowest BCUT2D eigenvalue weighted by Crippen LogP contribution is -2.13. The molecule has 6 rings (SSSR count). The van der Waals surface area contributed by atoms with Crippen molar-refractivity contribution in [3.8, 4) is 22.1 Å². The maximum Gasteiger partial charge on any atom is 0.355 e. The third kappa shape index (κ3) is 6.04. The van der Waals surface area contributed by atoms with Crippen LogP contribution in [0.4, 0.5) is 4.39 Å². The van der Waals surface area contributed by atoms with E-state index in [4.69, 9.17) is 15.0 Å². The lowest BCUT2D eigenvalue weighted by atomic mass is 9.96. The van der Waals surface area contributed by atoms with Crippen LogP contribution in [0.15, 0.2) is 52.7 Å². The first-order valence-corrected chi connectivity index (χ1v) is 16.0. The summed E-state index contributed by atoms with van der Waals surface area (Å²) in [7, 11) is -4.06. The summed E-state index contributed by atoms with van der Waals surface area (Å²) in [6.45, 7) is 0. The molecular formula is C29H29FN4O5S2. The maximum atomic E-state index is 15.3. The minimum Gasteiger partial charge on any atom is -0.490 e. The normalized spacial score (nSPS) is 15.9. The number of hydrogen-bond donors (Lipinski definition) is 2. The van der Waals surface area contributed by atoms with Gasteiger partial charge in [0.1, 0.15) is 11.6 Å². The van der Waals surface area contributed by atoms with Gasteiger partial charge >= 0.3 is 5.97 Å². The minimum absolute atomic E-state index is 0.0717. The third-order valence-electron chi connectivity index (χ3n) is 7.59. The SMILES string of the molecule is NS(=O)(=O)c1ccc(Cc2c(-c3cccc(OC4CCCC4)c3)nn(-c3nc(C(=O)O)cs3)c2CC2CC2)c(F)c1. The minimum atomic E-state index is -4.06. The van der Waals surface area contributed by atoms with E-state index in [1.807, 2.05) is 24.3 Å². The Morgan fingerprint density at radius 3 is 2.59 bits per heavy atom. The topological polar surface area (TPSA) is 137 Å². The number of aromatic carboxylic acids is 1. The summed E-state index contributed by atoms with van der Waals surface area (Å²) in [6.07, 6.45) is 7.40. The summed E-state index contributed by atoms with van der Waals surface area (Å²) >= 11 is 1.18. The predicted octanol–water partition coefficient (Wildman–Crippen LogP) is 5.35. The van der Waals surface area contributed by atoms with Gasteiger partial charge in [-0.15, -0.1) is 11.3 Å².